The molecule has 0 spiro atoms. The lowest BCUT2D eigenvalue weighted by atomic mass is 10.3. The van der Waals surface area contributed by atoms with Gasteiger partial charge in [-0.3, -0.25) is 4.79 Å². The van der Waals surface area contributed by atoms with Crippen LogP contribution in [0.1, 0.15) is 23.2 Å². The molecule has 3 nitrogen and oxygen atoms in total. The first-order chi connectivity index (χ1) is 6.39. The van der Waals surface area contributed by atoms with Gasteiger partial charge in [0.1, 0.15) is 0 Å². The molecule has 0 atom stereocenters. The molecule has 0 aliphatic heterocycles. The van der Waals surface area contributed by atoms with E-state index in [1.165, 1.54) is 6.20 Å². The highest BCUT2D eigenvalue weighted by Crippen LogP contribution is 2.30. The normalized spacial score (nSPS) is 11.6. The molecule has 0 unspecified atom stereocenters. The minimum absolute atomic E-state index is 0.0586. The Balaban J connectivity index is 2.64. The van der Waals surface area contributed by atoms with Crippen LogP contribution in [-0.4, -0.2) is 16.1 Å². The number of aliphatic carboxylic acids is 1. The van der Waals surface area contributed by atoms with Gasteiger partial charge in [0.2, 0.25) is 0 Å². The largest absolute Gasteiger partial charge is 0.481 e. The Bertz CT molecular complexity index is 332. The van der Waals surface area contributed by atoms with Crippen LogP contribution in [0.4, 0.5) is 8.78 Å². The van der Waals surface area contributed by atoms with Gasteiger partial charge in [-0.05, 0) is 6.42 Å². The van der Waals surface area contributed by atoms with Crippen LogP contribution >= 0.6 is 11.3 Å². The third-order valence-corrected chi connectivity index (χ3v) is 2.74. The van der Waals surface area contributed by atoms with Gasteiger partial charge >= 0.3 is 5.97 Å². The molecule has 0 bridgehead atoms. The molecule has 1 aromatic rings. The van der Waals surface area contributed by atoms with Gasteiger partial charge in [-0.25, -0.2) is 4.98 Å². The average Bonchev–Trinajstić information content (AvgIpc) is 2.47. The number of alkyl halides is 2. The zero-order valence-electron chi connectivity index (χ0n) is 7.46. The molecule has 0 saturated carbocycles. The Hall–Kier alpha value is -1.04. The summed E-state index contributed by atoms with van der Waals surface area (Å²) < 4.78 is 25.4. The van der Waals surface area contributed by atoms with E-state index in [-0.39, 0.29) is 17.8 Å². The zero-order chi connectivity index (χ0) is 10.8. The Kier molecular flexibility index (Phi) is 3.15. The topological polar surface area (TPSA) is 50.2 Å². The average molecular weight is 221 g/mol. The first-order valence-electron chi connectivity index (χ1n) is 3.94. The second-order valence-electron chi connectivity index (χ2n) is 2.91. The first-order valence-corrected chi connectivity index (χ1v) is 4.76. The number of hydrogen-bond donors (Lipinski definition) is 1. The number of carboxylic acids is 1. The van der Waals surface area contributed by atoms with Crippen molar-refractivity contribution in [2.75, 3.05) is 0 Å². The standard InChI is InChI=1S/C8H9F2NO2S/c1-8(9,10)7-11-4-5(14-7)2-3-6(12)13/h4H,2-3H2,1H3,(H,12,13). The fourth-order valence-electron chi connectivity index (χ4n) is 0.856. The summed E-state index contributed by atoms with van der Waals surface area (Å²) in [5, 5.41) is 8.11. The van der Waals surface area contributed by atoms with E-state index in [1.54, 1.807) is 0 Å². The van der Waals surface area contributed by atoms with E-state index in [4.69, 9.17) is 5.11 Å². The van der Waals surface area contributed by atoms with E-state index in [9.17, 15) is 13.6 Å². The van der Waals surface area contributed by atoms with E-state index in [2.05, 4.69) is 4.98 Å². The van der Waals surface area contributed by atoms with E-state index >= 15 is 0 Å². The highest BCUT2D eigenvalue weighted by Gasteiger charge is 2.28. The highest BCUT2D eigenvalue weighted by molar-refractivity contribution is 7.11. The molecule has 0 saturated heterocycles. The Morgan fingerprint density at radius 1 is 1.71 bits per heavy atom. The SMILES string of the molecule is CC(F)(F)c1ncc(CCC(=O)O)s1. The number of thiazole rings is 1. The number of halogens is 2. The van der Waals surface area contributed by atoms with Crippen molar-refractivity contribution in [2.24, 2.45) is 0 Å². The zero-order valence-corrected chi connectivity index (χ0v) is 8.27. The molecule has 1 aromatic heterocycles. The summed E-state index contributed by atoms with van der Waals surface area (Å²) >= 11 is 0.857. The first kappa shape index (κ1) is 11.0. The van der Waals surface area contributed by atoms with E-state index < -0.39 is 11.9 Å². The molecule has 0 fully saturated rings. The molecule has 1 heterocycles. The highest BCUT2D eigenvalue weighted by atomic mass is 32.1. The molecular weight excluding hydrogens is 212 g/mol. The lowest BCUT2D eigenvalue weighted by Crippen LogP contribution is -2.05. The Labute approximate surface area is 83.4 Å². The molecule has 1 rings (SSSR count). The summed E-state index contributed by atoms with van der Waals surface area (Å²) in [6, 6.07) is 0. The molecule has 0 aromatic carbocycles. The fraction of sp³-hybridized carbons (Fsp3) is 0.500. The number of nitrogens with zero attached hydrogens (tertiary/aromatic N) is 1. The third kappa shape index (κ3) is 3.02. The van der Waals surface area contributed by atoms with Crippen molar-refractivity contribution in [2.45, 2.75) is 25.7 Å². The van der Waals surface area contributed by atoms with Gasteiger partial charge in [0, 0.05) is 18.0 Å². The van der Waals surface area contributed by atoms with Crippen LogP contribution in [0.15, 0.2) is 6.20 Å². The predicted octanol–water partition coefficient (Wildman–Crippen LogP) is 2.27. The van der Waals surface area contributed by atoms with E-state index in [0.717, 1.165) is 18.3 Å². The summed E-state index contributed by atoms with van der Waals surface area (Å²) in [4.78, 5) is 14.3. The van der Waals surface area contributed by atoms with Gasteiger partial charge in [0.15, 0.2) is 5.01 Å². The minimum Gasteiger partial charge on any atom is -0.481 e. The van der Waals surface area contributed by atoms with E-state index in [0.29, 0.717) is 4.88 Å². The lowest BCUT2D eigenvalue weighted by Gasteiger charge is -2.03. The molecular formula is C8H9F2NO2S. The number of aromatic nitrogens is 1. The number of rotatable bonds is 4. The maximum Gasteiger partial charge on any atom is 0.303 e. The summed E-state index contributed by atoms with van der Waals surface area (Å²) in [5.74, 6) is -3.88. The number of carboxylic acid groups (broad SMARTS) is 1. The van der Waals surface area contributed by atoms with Gasteiger partial charge in [0.25, 0.3) is 5.92 Å². The second-order valence-corrected chi connectivity index (χ2v) is 4.03. The molecule has 6 heteroatoms. The third-order valence-electron chi connectivity index (χ3n) is 1.51. The molecule has 0 aliphatic rings. The maximum atomic E-state index is 12.7. The number of carbonyl (C=O) groups is 1. The van der Waals surface area contributed by atoms with Crippen LogP contribution in [-0.2, 0) is 17.1 Å². The monoisotopic (exact) mass is 221 g/mol. The van der Waals surface area contributed by atoms with Gasteiger partial charge < -0.3 is 5.11 Å². The Morgan fingerprint density at radius 2 is 2.36 bits per heavy atom. The quantitative estimate of drug-likeness (QED) is 0.848. The molecule has 0 radical (unpaired) electrons. The molecule has 0 amide bonds. The lowest BCUT2D eigenvalue weighted by molar-refractivity contribution is -0.136. The number of aryl methyl sites for hydroxylation is 1. The van der Waals surface area contributed by atoms with Crippen molar-refractivity contribution in [1.29, 1.82) is 0 Å². The summed E-state index contributed by atoms with van der Waals surface area (Å²) in [5.41, 5.74) is 0. The summed E-state index contributed by atoms with van der Waals surface area (Å²) in [6.45, 7) is 0.771. The van der Waals surface area contributed by atoms with Gasteiger partial charge in [0.05, 0.1) is 6.42 Å². The predicted molar refractivity (Wildman–Crippen MR) is 47.6 cm³/mol. The minimum atomic E-state index is -2.94. The van der Waals surface area contributed by atoms with Crippen LogP contribution in [0, 0.1) is 0 Å². The van der Waals surface area contributed by atoms with Crippen molar-refractivity contribution in [3.8, 4) is 0 Å². The summed E-state index contributed by atoms with van der Waals surface area (Å²) in [7, 11) is 0. The van der Waals surface area contributed by atoms with Gasteiger partial charge in [-0.15, -0.1) is 11.3 Å². The van der Waals surface area contributed by atoms with Crippen LogP contribution < -0.4 is 0 Å². The second kappa shape index (κ2) is 4.00. The van der Waals surface area contributed by atoms with Crippen molar-refractivity contribution >= 4 is 17.3 Å². The van der Waals surface area contributed by atoms with Crippen LogP contribution in [0.25, 0.3) is 0 Å². The maximum absolute atomic E-state index is 12.7. The fourth-order valence-corrected chi connectivity index (χ4v) is 1.70. The van der Waals surface area contributed by atoms with Crippen molar-refractivity contribution < 1.29 is 18.7 Å². The van der Waals surface area contributed by atoms with Crippen molar-refractivity contribution in [1.82, 2.24) is 4.98 Å². The molecule has 14 heavy (non-hydrogen) atoms. The Morgan fingerprint density at radius 3 is 2.79 bits per heavy atom. The molecule has 0 aliphatic carbocycles. The number of hydrogen-bond acceptors (Lipinski definition) is 3. The summed E-state index contributed by atoms with van der Waals surface area (Å²) in [6.07, 6.45) is 1.50. The van der Waals surface area contributed by atoms with Crippen molar-refractivity contribution in [3.05, 3.63) is 16.1 Å². The van der Waals surface area contributed by atoms with Gasteiger partial charge in [-0.1, -0.05) is 0 Å². The van der Waals surface area contributed by atoms with Crippen LogP contribution in [0.2, 0.25) is 0 Å². The van der Waals surface area contributed by atoms with E-state index in [1.807, 2.05) is 0 Å². The van der Waals surface area contributed by atoms with Crippen molar-refractivity contribution in [3.63, 3.8) is 0 Å². The molecule has 78 valence electrons. The molecule has 1 N–H and O–H groups in total. The smallest absolute Gasteiger partial charge is 0.303 e. The van der Waals surface area contributed by atoms with Gasteiger partial charge in [-0.2, -0.15) is 8.78 Å². The van der Waals surface area contributed by atoms with Crippen LogP contribution in [0.3, 0.4) is 0 Å². The van der Waals surface area contributed by atoms with Crippen LogP contribution in [0.5, 0.6) is 0 Å².